The van der Waals surface area contributed by atoms with Gasteiger partial charge in [0.15, 0.2) is 0 Å². The van der Waals surface area contributed by atoms with Gasteiger partial charge < -0.3 is 15.0 Å². The predicted octanol–water partition coefficient (Wildman–Crippen LogP) is 2.90. The fourth-order valence-electron chi connectivity index (χ4n) is 4.21. The third-order valence-corrected chi connectivity index (χ3v) is 5.69. The van der Waals surface area contributed by atoms with Crippen LogP contribution in [0.15, 0.2) is 24.3 Å². The number of anilines is 1. The van der Waals surface area contributed by atoms with Crippen LogP contribution in [0.25, 0.3) is 0 Å². The van der Waals surface area contributed by atoms with Gasteiger partial charge in [0.25, 0.3) is 0 Å². The summed E-state index contributed by atoms with van der Waals surface area (Å²) in [6.07, 6.45) is 4.94. The van der Waals surface area contributed by atoms with Crippen molar-refractivity contribution < 1.29 is 9.53 Å². The van der Waals surface area contributed by atoms with Crippen LogP contribution in [-0.4, -0.2) is 56.2 Å². The van der Waals surface area contributed by atoms with Gasteiger partial charge in [-0.1, -0.05) is 31.9 Å². The summed E-state index contributed by atoms with van der Waals surface area (Å²) < 4.78 is 6.17. The Morgan fingerprint density at radius 1 is 1.31 bits per heavy atom. The Morgan fingerprint density at radius 2 is 2.08 bits per heavy atom. The van der Waals surface area contributed by atoms with Gasteiger partial charge in [0.2, 0.25) is 5.91 Å². The van der Waals surface area contributed by atoms with Crippen molar-refractivity contribution in [2.75, 3.05) is 38.1 Å². The molecule has 1 aromatic rings. The van der Waals surface area contributed by atoms with Gasteiger partial charge >= 0.3 is 0 Å². The number of likely N-dealkylation sites (N-methyl/N-ethyl adjacent to an activating group) is 2. The lowest BCUT2D eigenvalue weighted by atomic mass is 9.86. The minimum Gasteiger partial charge on any atom is -0.485 e. The van der Waals surface area contributed by atoms with Crippen LogP contribution in [-0.2, 0) is 4.79 Å². The summed E-state index contributed by atoms with van der Waals surface area (Å²) in [5, 5.41) is 3.24. The van der Waals surface area contributed by atoms with Gasteiger partial charge in [-0.3, -0.25) is 9.69 Å². The van der Waals surface area contributed by atoms with Crippen LogP contribution in [0.2, 0.25) is 0 Å². The molecule has 1 aliphatic carbocycles. The molecule has 1 saturated carbocycles. The molecule has 26 heavy (non-hydrogen) atoms. The van der Waals surface area contributed by atoms with Gasteiger partial charge in [0, 0.05) is 19.1 Å². The highest BCUT2D eigenvalue weighted by molar-refractivity contribution is 5.78. The zero-order chi connectivity index (χ0) is 18.5. The van der Waals surface area contributed by atoms with E-state index in [2.05, 4.69) is 35.0 Å². The number of amides is 1. The van der Waals surface area contributed by atoms with Crippen LogP contribution < -0.4 is 15.0 Å². The minimum atomic E-state index is 0.0799. The van der Waals surface area contributed by atoms with E-state index >= 15 is 0 Å². The van der Waals surface area contributed by atoms with Crippen molar-refractivity contribution in [1.29, 1.82) is 0 Å². The number of nitrogens with zero attached hydrogens (tertiary/aromatic N) is 2. The zero-order valence-corrected chi connectivity index (χ0v) is 16.4. The molecule has 0 bridgehead atoms. The Bertz CT molecular complexity index is 607. The molecular formula is C21H33N3O2. The van der Waals surface area contributed by atoms with Crippen LogP contribution in [0.3, 0.4) is 0 Å². The highest BCUT2D eigenvalue weighted by atomic mass is 16.5. The van der Waals surface area contributed by atoms with E-state index in [0.29, 0.717) is 18.5 Å². The summed E-state index contributed by atoms with van der Waals surface area (Å²) in [6.45, 7) is 7.41. The maximum atomic E-state index is 12.4. The molecule has 0 radical (unpaired) electrons. The number of para-hydroxylation sites is 2. The minimum absolute atomic E-state index is 0.0799. The molecule has 1 fully saturated rings. The van der Waals surface area contributed by atoms with Crippen LogP contribution in [0.1, 0.15) is 39.5 Å². The SMILES string of the molecule is CCN1C[C@H](CN(C)CC(=O)N[C@H]2CCCC[C@@H]2C)Oc2ccccc21. The smallest absolute Gasteiger partial charge is 0.234 e. The van der Waals surface area contributed by atoms with E-state index in [1.807, 2.05) is 25.2 Å². The first-order valence-electron chi connectivity index (χ1n) is 10.1. The van der Waals surface area contributed by atoms with Gasteiger partial charge in [0.05, 0.1) is 18.8 Å². The Balaban J connectivity index is 1.50. The van der Waals surface area contributed by atoms with Gasteiger partial charge in [-0.2, -0.15) is 0 Å². The van der Waals surface area contributed by atoms with Crippen LogP contribution in [0.5, 0.6) is 5.75 Å². The second-order valence-corrected chi connectivity index (χ2v) is 7.88. The highest BCUT2D eigenvalue weighted by Gasteiger charge is 2.27. The first-order chi connectivity index (χ1) is 12.6. The molecule has 1 N–H and O–H groups in total. The van der Waals surface area contributed by atoms with Gasteiger partial charge in [-0.25, -0.2) is 0 Å². The topological polar surface area (TPSA) is 44.8 Å². The molecule has 0 unspecified atom stereocenters. The van der Waals surface area contributed by atoms with Crippen molar-refractivity contribution in [2.24, 2.45) is 5.92 Å². The summed E-state index contributed by atoms with van der Waals surface area (Å²) in [4.78, 5) is 16.9. The van der Waals surface area contributed by atoms with E-state index in [9.17, 15) is 4.79 Å². The van der Waals surface area contributed by atoms with Gasteiger partial charge in [0.1, 0.15) is 11.9 Å². The molecule has 1 aliphatic heterocycles. The number of nitrogens with one attached hydrogen (secondary N) is 1. The van der Waals surface area contributed by atoms with E-state index in [1.54, 1.807) is 0 Å². The molecule has 3 atom stereocenters. The Kier molecular flexibility index (Phi) is 6.41. The summed E-state index contributed by atoms with van der Waals surface area (Å²) in [5.41, 5.74) is 1.16. The van der Waals surface area contributed by atoms with Crippen molar-refractivity contribution in [3.05, 3.63) is 24.3 Å². The van der Waals surface area contributed by atoms with E-state index in [-0.39, 0.29) is 12.0 Å². The summed E-state index contributed by atoms with van der Waals surface area (Å²) >= 11 is 0. The van der Waals surface area contributed by atoms with Crippen molar-refractivity contribution in [3.63, 3.8) is 0 Å². The number of carbonyl (C=O) groups excluding carboxylic acids is 1. The van der Waals surface area contributed by atoms with E-state index in [1.165, 1.54) is 19.3 Å². The number of hydrogen-bond acceptors (Lipinski definition) is 4. The monoisotopic (exact) mass is 359 g/mol. The largest absolute Gasteiger partial charge is 0.485 e. The number of fused-ring (bicyclic) bond motifs is 1. The highest BCUT2D eigenvalue weighted by Crippen LogP contribution is 2.32. The normalized spacial score (nSPS) is 25.5. The van der Waals surface area contributed by atoms with Gasteiger partial charge in [-0.15, -0.1) is 0 Å². The van der Waals surface area contributed by atoms with Crippen LogP contribution in [0, 0.1) is 5.92 Å². The standard InChI is InChI=1S/C21H33N3O2/c1-4-24-14-17(26-20-12-8-7-11-19(20)24)13-23(3)15-21(25)22-18-10-6-5-9-16(18)2/h7-8,11-12,16-18H,4-6,9-10,13-15H2,1-3H3,(H,22,25)/t16-,17-,18-/m0/s1. The molecule has 144 valence electrons. The molecule has 3 rings (SSSR count). The quantitative estimate of drug-likeness (QED) is 0.848. The Labute approximate surface area is 157 Å². The maximum absolute atomic E-state index is 12.4. The molecule has 0 spiro atoms. The van der Waals surface area contributed by atoms with E-state index in [4.69, 9.17) is 4.74 Å². The van der Waals surface area contributed by atoms with E-state index in [0.717, 1.165) is 37.5 Å². The number of rotatable bonds is 6. The fraction of sp³-hybridized carbons (Fsp3) is 0.667. The fourth-order valence-corrected chi connectivity index (χ4v) is 4.21. The number of ether oxygens (including phenoxy) is 1. The first kappa shape index (κ1) is 19.0. The third-order valence-electron chi connectivity index (χ3n) is 5.69. The third kappa shape index (κ3) is 4.70. The molecule has 5 nitrogen and oxygen atoms in total. The average molecular weight is 360 g/mol. The molecule has 2 aliphatic rings. The predicted molar refractivity (Wildman–Crippen MR) is 106 cm³/mol. The number of benzene rings is 1. The second kappa shape index (κ2) is 8.76. The zero-order valence-electron chi connectivity index (χ0n) is 16.4. The second-order valence-electron chi connectivity index (χ2n) is 7.88. The Morgan fingerprint density at radius 3 is 2.85 bits per heavy atom. The lowest BCUT2D eigenvalue weighted by Gasteiger charge is -2.37. The van der Waals surface area contributed by atoms with Crippen molar-refractivity contribution in [3.8, 4) is 5.75 Å². The molecule has 5 heteroatoms. The van der Waals surface area contributed by atoms with E-state index < -0.39 is 0 Å². The number of hydrogen-bond donors (Lipinski definition) is 1. The molecular weight excluding hydrogens is 326 g/mol. The van der Waals surface area contributed by atoms with Crippen molar-refractivity contribution in [1.82, 2.24) is 10.2 Å². The molecule has 0 aromatic heterocycles. The summed E-state index contributed by atoms with van der Waals surface area (Å²) in [6, 6.07) is 8.54. The first-order valence-corrected chi connectivity index (χ1v) is 10.1. The van der Waals surface area contributed by atoms with Crippen molar-refractivity contribution >= 4 is 11.6 Å². The average Bonchev–Trinajstić information content (AvgIpc) is 2.62. The summed E-state index contributed by atoms with van der Waals surface area (Å²) in [7, 11) is 2.00. The summed E-state index contributed by atoms with van der Waals surface area (Å²) in [5.74, 6) is 1.67. The lowest BCUT2D eigenvalue weighted by Crippen LogP contribution is -2.49. The molecule has 1 aromatic carbocycles. The molecule has 1 heterocycles. The van der Waals surface area contributed by atoms with Crippen LogP contribution in [0.4, 0.5) is 5.69 Å². The number of carbonyl (C=O) groups is 1. The van der Waals surface area contributed by atoms with Crippen LogP contribution >= 0.6 is 0 Å². The maximum Gasteiger partial charge on any atom is 0.234 e. The van der Waals surface area contributed by atoms with Gasteiger partial charge in [-0.05, 0) is 44.9 Å². The Hall–Kier alpha value is -1.75. The van der Waals surface area contributed by atoms with Crippen molar-refractivity contribution in [2.45, 2.75) is 51.7 Å². The molecule has 0 saturated heterocycles. The molecule has 1 amide bonds. The lowest BCUT2D eigenvalue weighted by molar-refractivity contribution is -0.123.